The molecule has 2 N–H and O–H groups in total. The number of anilines is 1. The van der Waals surface area contributed by atoms with E-state index >= 15 is 0 Å². The number of aromatic amines is 1. The minimum atomic E-state index is -0.484. The third-order valence-electron chi connectivity index (χ3n) is 4.73. The second-order valence-corrected chi connectivity index (χ2v) is 8.71. The first kappa shape index (κ1) is 19.8. The first-order chi connectivity index (χ1) is 13.9. The summed E-state index contributed by atoms with van der Waals surface area (Å²) >= 11 is 4.56. The van der Waals surface area contributed by atoms with Gasteiger partial charge in [-0.05, 0) is 46.1 Å². The molecule has 2 heterocycles. The number of nitrogens with zero attached hydrogens (tertiary/aromatic N) is 1. The van der Waals surface area contributed by atoms with Crippen molar-refractivity contribution in [1.29, 1.82) is 0 Å². The Hall–Kier alpha value is -2.45. The minimum absolute atomic E-state index is 0.103. The molecular formula is C21H17BrFN3O2S. The van der Waals surface area contributed by atoms with E-state index in [9.17, 15) is 14.0 Å². The fourth-order valence-corrected chi connectivity index (χ4v) is 4.59. The van der Waals surface area contributed by atoms with Crippen molar-refractivity contribution >= 4 is 39.4 Å². The molecule has 0 saturated heterocycles. The zero-order valence-corrected chi connectivity index (χ0v) is 17.9. The van der Waals surface area contributed by atoms with E-state index in [-0.39, 0.29) is 28.2 Å². The molecule has 0 unspecified atom stereocenters. The van der Waals surface area contributed by atoms with Crippen molar-refractivity contribution in [3.05, 3.63) is 85.4 Å². The highest BCUT2D eigenvalue weighted by Gasteiger charge is 2.31. The summed E-state index contributed by atoms with van der Waals surface area (Å²) in [5.74, 6) is -0.198. The summed E-state index contributed by atoms with van der Waals surface area (Å²) in [4.78, 5) is 32.4. The first-order valence-corrected chi connectivity index (χ1v) is 10.8. The van der Waals surface area contributed by atoms with Crippen LogP contribution >= 0.6 is 27.7 Å². The third-order valence-corrected chi connectivity index (χ3v) is 6.29. The standard InChI is InChI=1S/C21H17BrFN3O2S/c1-11-3-2-4-12(7-11)10-29-21-25-19-18(20(28)26-21)14(9-17(27)24-19)13-5-6-16(23)15(22)8-13/h2-8,14H,9-10H2,1H3,(H2,24,25,26,27,28)/t14-/m0/s1. The van der Waals surface area contributed by atoms with Crippen LogP contribution in [0.2, 0.25) is 0 Å². The van der Waals surface area contributed by atoms with Crippen molar-refractivity contribution in [2.45, 2.75) is 30.2 Å². The predicted molar refractivity (Wildman–Crippen MR) is 115 cm³/mol. The van der Waals surface area contributed by atoms with Crippen LogP contribution in [0.1, 0.15) is 34.6 Å². The number of nitrogens with one attached hydrogen (secondary N) is 2. The number of thioether (sulfide) groups is 1. The molecule has 5 nitrogen and oxygen atoms in total. The van der Waals surface area contributed by atoms with Gasteiger partial charge in [-0.15, -0.1) is 0 Å². The molecule has 1 aliphatic heterocycles. The molecule has 8 heteroatoms. The lowest BCUT2D eigenvalue weighted by Crippen LogP contribution is -2.31. The van der Waals surface area contributed by atoms with Crippen LogP contribution in [-0.4, -0.2) is 15.9 Å². The molecule has 1 atom stereocenters. The SMILES string of the molecule is Cc1cccc(CSc2nc3c(c(=O)[nH]2)[C@H](c2ccc(F)c(Br)c2)CC(=O)N3)c1. The molecule has 4 rings (SSSR count). The van der Waals surface area contributed by atoms with Crippen molar-refractivity contribution in [2.24, 2.45) is 0 Å². The smallest absolute Gasteiger partial charge is 0.257 e. The largest absolute Gasteiger partial charge is 0.310 e. The summed E-state index contributed by atoms with van der Waals surface area (Å²) in [6.07, 6.45) is 0.103. The van der Waals surface area contributed by atoms with Crippen molar-refractivity contribution in [3.8, 4) is 0 Å². The molecule has 1 aliphatic rings. The summed E-state index contributed by atoms with van der Waals surface area (Å²) in [7, 11) is 0. The Labute approximate surface area is 179 Å². The van der Waals surface area contributed by atoms with Gasteiger partial charge >= 0.3 is 0 Å². The quantitative estimate of drug-likeness (QED) is 0.423. The van der Waals surface area contributed by atoms with Gasteiger partial charge in [0.15, 0.2) is 5.16 Å². The Bertz CT molecular complexity index is 1160. The maximum absolute atomic E-state index is 13.6. The summed E-state index contributed by atoms with van der Waals surface area (Å²) < 4.78 is 13.9. The van der Waals surface area contributed by atoms with Crippen molar-refractivity contribution in [3.63, 3.8) is 0 Å². The highest BCUT2D eigenvalue weighted by atomic mass is 79.9. The normalized spacial score (nSPS) is 15.7. The van der Waals surface area contributed by atoms with Crippen LogP contribution in [0.3, 0.4) is 0 Å². The number of halogens is 2. The number of aromatic nitrogens is 2. The predicted octanol–water partition coefficient (Wildman–Crippen LogP) is 4.75. The van der Waals surface area contributed by atoms with E-state index in [4.69, 9.17) is 0 Å². The van der Waals surface area contributed by atoms with Crippen LogP contribution in [0.5, 0.6) is 0 Å². The van der Waals surface area contributed by atoms with E-state index in [0.717, 1.165) is 11.1 Å². The molecule has 148 valence electrons. The van der Waals surface area contributed by atoms with Gasteiger partial charge in [-0.3, -0.25) is 9.59 Å². The molecule has 0 aliphatic carbocycles. The molecule has 29 heavy (non-hydrogen) atoms. The number of hydrogen-bond donors (Lipinski definition) is 2. The van der Waals surface area contributed by atoms with Gasteiger partial charge in [0.2, 0.25) is 5.91 Å². The molecule has 2 aromatic carbocycles. The van der Waals surface area contributed by atoms with Crippen molar-refractivity contribution in [1.82, 2.24) is 9.97 Å². The van der Waals surface area contributed by atoms with E-state index in [0.29, 0.717) is 22.0 Å². The fourth-order valence-electron chi connectivity index (χ4n) is 3.39. The van der Waals surface area contributed by atoms with Gasteiger partial charge in [0.25, 0.3) is 5.56 Å². The second-order valence-electron chi connectivity index (χ2n) is 6.89. The summed E-state index contributed by atoms with van der Waals surface area (Å²) in [5.41, 5.74) is 3.06. The van der Waals surface area contributed by atoms with Crippen LogP contribution in [0.25, 0.3) is 0 Å². The van der Waals surface area contributed by atoms with Gasteiger partial charge in [-0.1, -0.05) is 47.7 Å². The van der Waals surface area contributed by atoms with Gasteiger partial charge < -0.3 is 10.3 Å². The summed E-state index contributed by atoms with van der Waals surface area (Å²) in [5, 5.41) is 3.15. The lowest BCUT2D eigenvalue weighted by atomic mass is 9.87. The Balaban J connectivity index is 1.66. The summed E-state index contributed by atoms with van der Waals surface area (Å²) in [6, 6.07) is 12.6. The van der Waals surface area contributed by atoms with Gasteiger partial charge in [-0.25, -0.2) is 9.37 Å². The van der Waals surface area contributed by atoms with E-state index in [1.807, 2.05) is 25.1 Å². The van der Waals surface area contributed by atoms with Crippen molar-refractivity contribution < 1.29 is 9.18 Å². The Morgan fingerprint density at radius 1 is 1.24 bits per heavy atom. The number of hydrogen-bond acceptors (Lipinski definition) is 4. The van der Waals surface area contributed by atoms with Crippen LogP contribution in [-0.2, 0) is 10.5 Å². The first-order valence-electron chi connectivity index (χ1n) is 8.98. The molecular weight excluding hydrogens is 457 g/mol. The maximum Gasteiger partial charge on any atom is 0.257 e. The Morgan fingerprint density at radius 2 is 2.07 bits per heavy atom. The number of benzene rings is 2. The number of carbonyl (C=O) groups excluding carboxylic acids is 1. The van der Waals surface area contributed by atoms with Crippen LogP contribution < -0.4 is 10.9 Å². The second kappa shape index (κ2) is 8.12. The Morgan fingerprint density at radius 3 is 2.83 bits per heavy atom. The van der Waals surface area contributed by atoms with Gasteiger partial charge in [0, 0.05) is 18.1 Å². The molecule has 1 amide bonds. The molecule has 0 spiro atoms. The highest BCUT2D eigenvalue weighted by molar-refractivity contribution is 9.10. The van der Waals surface area contributed by atoms with Crippen LogP contribution in [0.15, 0.2) is 56.9 Å². The monoisotopic (exact) mass is 473 g/mol. The Kier molecular flexibility index (Phi) is 5.56. The van der Waals surface area contributed by atoms with Gasteiger partial charge in [0.1, 0.15) is 11.6 Å². The highest BCUT2D eigenvalue weighted by Crippen LogP contribution is 2.36. The number of H-pyrrole nitrogens is 1. The molecule has 0 saturated carbocycles. The topological polar surface area (TPSA) is 74.8 Å². The fraction of sp³-hybridized carbons (Fsp3) is 0.190. The van der Waals surface area contributed by atoms with Gasteiger partial charge in [0.05, 0.1) is 10.0 Å². The summed E-state index contributed by atoms with van der Waals surface area (Å²) in [6.45, 7) is 2.02. The van der Waals surface area contributed by atoms with E-state index in [2.05, 4.69) is 37.3 Å². The molecule has 0 radical (unpaired) electrons. The lowest BCUT2D eigenvalue weighted by molar-refractivity contribution is -0.116. The molecule has 0 fully saturated rings. The average molecular weight is 474 g/mol. The van der Waals surface area contributed by atoms with E-state index < -0.39 is 11.7 Å². The van der Waals surface area contributed by atoms with E-state index in [1.165, 1.54) is 17.8 Å². The average Bonchev–Trinajstić information content (AvgIpc) is 2.67. The number of aryl methyl sites for hydroxylation is 1. The number of amides is 1. The molecule has 0 bridgehead atoms. The maximum atomic E-state index is 13.6. The van der Waals surface area contributed by atoms with Crippen molar-refractivity contribution in [2.75, 3.05) is 5.32 Å². The number of rotatable bonds is 4. The molecule has 3 aromatic rings. The lowest BCUT2D eigenvalue weighted by Gasteiger charge is -2.24. The molecule has 1 aromatic heterocycles. The van der Waals surface area contributed by atoms with Gasteiger partial charge in [-0.2, -0.15) is 0 Å². The van der Waals surface area contributed by atoms with Crippen LogP contribution in [0.4, 0.5) is 10.2 Å². The van der Waals surface area contributed by atoms with E-state index in [1.54, 1.807) is 12.1 Å². The number of carbonyl (C=O) groups is 1. The zero-order chi connectivity index (χ0) is 20.5. The third kappa shape index (κ3) is 4.28. The number of fused-ring (bicyclic) bond motifs is 1. The van der Waals surface area contributed by atoms with Crippen LogP contribution in [0, 0.1) is 12.7 Å². The zero-order valence-electron chi connectivity index (χ0n) is 15.5. The minimum Gasteiger partial charge on any atom is -0.310 e.